The number of hydrogen-bond donors (Lipinski definition) is 1. The number of hydrogen-bond acceptors (Lipinski definition) is 3. The Bertz CT molecular complexity index is 744. The van der Waals surface area contributed by atoms with Gasteiger partial charge in [-0.25, -0.2) is 4.39 Å². The number of phenols is 1. The number of aromatic hydroxyl groups is 1. The molecule has 0 atom stereocenters. The van der Waals surface area contributed by atoms with Crippen molar-refractivity contribution in [1.82, 2.24) is 4.90 Å². The van der Waals surface area contributed by atoms with Gasteiger partial charge in [-0.3, -0.25) is 4.79 Å². The van der Waals surface area contributed by atoms with Crippen LogP contribution in [-0.4, -0.2) is 36.1 Å². The summed E-state index contributed by atoms with van der Waals surface area (Å²) in [4.78, 5) is 13.7. The van der Waals surface area contributed by atoms with Gasteiger partial charge in [0.25, 0.3) is 5.91 Å². The molecular weight excluding hydrogens is 380 g/mol. The number of nitrogens with zero attached hydrogens (tertiary/aromatic N) is 1. The molecule has 2 aromatic carbocycles. The topological polar surface area (TPSA) is 49.8 Å². The van der Waals surface area contributed by atoms with Gasteiger partial charge in [0, 0.05) is 7.05 Å². The second-order valence-corrected chi connectivity index (χ2v) is 6.08. The summed E-state index contributed by atoms with van der Waals surface area (Å²) in [5, 5.41) is 9.84. The maximum atomic E-state index is 13.4. The molecule has 0 aliphatic rings. The summed E-state index contributed by atoms with van der Waals surface area (Å²) in [6, 6.07) is 7.19. The monoisotopic (exact) mass is 391 g/mol. The lowest BCUT2D eigenvalue weighted by molar-refractivity contribution is 0.0770. The van der Waals surface area contributed by atoms with Crippen LogP contribution in [0.3, 0.4) is 0 Å². The van der Waals surface area contributed by atoms with Crippen LogP contribution in [-0.2, 0) is 0 Å². The van der Waals surface area contributed by atoms with Gasteiger partial charge in [0.15, 0.2) is 11.6 Å². The van der Waals surface area contributed by atoms with Gasteiger partial charge in [-0.15, -0.1) is 0 Å². The van der Waals surface area contributed by atoms with Crippen molar-refractivity contribution in [2.75, 3.05) is 20.2 Å². The molecule has 8 heteroatoms. The van der Waals surface area contributed by atoms with Gasteiger partial charge in [0.1, 0.15) is 17.9 Å². The van der Waals surface area contributed by atoms with Crippen molar-refractivity contribution in [1.29, 1.82) is 0 Å². The predicted molar refractivity (Wildman–Crippen MR) is 92.0 cm³/mol. The Balaban J connectivity index is 2.07. The maximum Gasteiger partial charge on any atom is 0.259 e. The number of carbonyl (C=O) groups is 1. The van der Waals surface area contributed by atoms with Crippen LogP contribution in [0.5, 0.6) is 11.5 Å². The summed E-state index contributed by atoms with van der Waals surface area (Å²) in [7, 11) is 1.48. The number of likely N-dealkylation sites (N-methyl/N-ethyl adjacent to an activating group) is 1. The van der Waals surface area contributed by atoms with E-state index in [4.69, 9.17) is 39.5 Å². The molecule has 2 aromatic rings. The SMILES string of the molecule is CN(CCOc1ccccc1F)C(=O)c1c(O)c(Cl)cc(Cl)c1Cl. The molecule has 0 unspecified atom stereocenters. The van der Waals surface area contributed by atoms with Crippen LogP contribution in [0.4, 0.5) is 4.39 Å². The van der Waals surface area contributed by atoms with Gasteiger partial charge in [-0.1, -0.05) is 46.9 Å². The first kappa shape index (κ1) is 18.6. The quantitative estimate of drug-likeness (QED) is 0.754. The normalized spacial score (nSPS) is 10.5. The number of ether oxygens (including phenoxy) is 1. The maximum absolute atomic E-state index is 13.4. The van der Waals surface area contributed by atoms with E-state index in [0.29, 0.717) is 0 Å². The zero-order valence-corrected chi connectivity index (χ0v) is 14.8. The first-order valence-electron chi connectivity index (χ1n) is 6.82. The molecule has 1 N–H and O–H groups in total. The summed E-state index contributed by atoms with van der Waals surface area (Å²) in [5.74, 6) is -1.43. The molecule has 4 nitrogen and oxygen atoms in total. The minimum atomic E-state index is -0.584. The fraction of sp³-hybridized carbons (Fsp3) is 0.188. The van der Waals surface area contributed by atoms with Crippen molar-refractivity contribution in [3.63, 3.8) is 0 Å². The predicted octanol–water partition coefficient (Wildman–Crippen LogP) is 4.64. The zero-order chi connectivity index (χ0) is 17.9. The lowest BCUT2D eigenvalue weighted by Crippen LogP contribution is -2.31. The molecule has 0 aliphatic carbocycles. The van der Waals surface area contributed by atoms with Crippen LogP contribution in [0.15, 0.2) is 30.3 Å². The molecule has 0 spiro atoms. The number of phenolic OH excluding ortho intramolecular Hbond substituents is 1. The average Bonchev–Trinajstić information content (AvgIpc) is 2.54. The Kier molecular flexibility index (Phi) is 6.15. The largest absolute Gasteiger partial charge is 0.505 e. The smallest absolute Gasteiger partial charge is 0.259 e. The number of para-hydroxylation sites is 1. The molecule has 0 bridgehead atoms. The van der Waals surface area contributed by atoms with Gasteiger partial charge in [0.2, 0.25) is 0 Å². The van der Waals surface area contributed by atoms with Crippen LogP contribution in [0, 0.1) is 5.82 Å². The Hall–Kier alpha value is -1.69. The van der Waals surface area contributed by atoms with E-state index in [0.717, 1.165) is 0 Å². The molecule has 0 radical (unpaired) electrons. The van der Waals surface area contributed by atoms with Crippen LogP contribution >= 0.6 is 34.8 Å². The van der Waals surface area contributed by atoms with Crippen LogP contribution in [0.25, 0.3) is 0 Å². The van der Waals surface area contributed by atoms with Gasteiger partial charge in [-0.05, 0) is 18.2 Å². The second-order valence-electron chi connectivity index (χ2n) is 4.88. The molecule has 2 rings (SSSR count). The third-order valence-electron chi connectivity index (χ3n) is 3.23. The van der Waals surface area contributed by atoms with Crippen LogP contribution in [0.1, 0.15) is 10.4 Å². The lowest BCUT2D eigenvalue weighted by atomic mass is 10.1. The summed E-state index contributed by atoms with van der Waals surface area (Å²) in [6.07, 6.45) is 0. The minimum Gasteiger partial charge on any atom is -0.505 e. The van der Waals surface area contributed by atoms with E-state index in [9.17, 15) is 14.3 Å². The third kappa shape index (κ3) is 4.04. The Labute approximate surface area is 153 Å². The Morgan fingerprint density at radius 2 is 1.92 bits per heavy atom. The second kappa shape index (κ2) is 7.92. The third-order valence-corrected chi connectivity index (χ3v) is 4.30. The lowest BCUT2D eigenvalue weighted by Gasteiger charge is -2.19. The number of carbonyl (C=O) groups excluding carboxylic acids is 1. The molecule has 0 saturated heterocycles. The van der Waals surface area contributed by atoms with Crippen LogP contribution < -0.4 is 4.74 Å². The first-order valence-corrected chi connectivity index (χ1v) is 7.95. The van der Waals surface area contributed by atoms with Crippen molar-refractivity contribution < 1.29 is 19.0 Å². The highest BCUT2D eigenvalue weighted by molar-refractivity contribution is 6.45. The van der Waals surface area contributed by atoms with E-state index in [1.807, 2.05) is 0 Å². The number of benzene rings is 2. The van der Waals surface area contributed by atoms with E-state index in [1.54, 1.807) is 12.1 Å². The fourth-order valence-electron chi connectivity index (χ4n) is 1.93. The molecule has 128 valence electrons. The molecule has 0 aliphatic heterocycles. The van der Waals surface area contributed by atoms with Crippen molar-refractivity contribution >= 4 is 40.7 Å². The zero-order valence-electron chi connectivity index (χ0n) is 12.5. The molecule has 0 heterocycles. The molecular formula is C16H13Cl3FNO3. The average molecular weight is 393 g/mol. The van der Waals surface area contributed by atoms with Gasteiger partial charge < -0.3 is 14.7 Å². The van der Waals surface area contributed by atoms with Crippen molar-refractivity contribution in [3.05, 3.63) is 56.8 Å². The Morgan fingerprint density at radius 3 is 2.58 bits per heavy atom. The highest BCUT2D eigenvalue weighted by Gasteiger charge is 2.23. The summed E-state index contributed by atoms with van der Waals surface area (Å²) in [6.45, 7) is 0.183. The van der Waals surface area contributed by atoms with E-state index in [2.05, 4.69) is 0 Å². The number of amides is 1. The molecule has 24 heavy (non-hydrogen) atoms. The van der Waals surface area contributed by atoms with Gasteiger partial charge in [0.05, 0.1) is 21.6 Å². The van der Waals surface area contributed by atoms with Crippen molar-refractivity contribution in [2.24, 2.45) is 0 Å². The molecule has 0 fully saturated rings. The van der Waals surface area contributed by atoms with Crippen molar-refractivity contribution in [2.45, 2.75) is 0 Å². The minimum absolute atomic E-state index is 0.0514. The van der Waals surface area contributed by atoms with E-state index >= 15 is 0 Å². The highest BCUT2D eigenvalue weighted by atomic mass is 35.5. The van der Waals surface area contributed by atoms with E-state index < -0.39 is 17.5 Å². The summed E-state index contributed by atoms with van der Waals surface area (Å²) < 4.78 is 18.7. The Morgan fingerprint density at radius 1 is 1.25 bits per heavy atom. The number of halogens is 4. The molecule has 1 amide bonds. The van der Waals surface area contributed by atoms with Crippen LogP contribution in [0.2, 0.25) is 15.1 Å². The van der Waals surface area contributed by atoms with Gasteiger partial charge >= 0.3 is 0 Å². The molecule has 0 saturated carbocycles. The van der Waals surface area contributed by atoms with Gasteiger partial charge in [-0.2, -0.15) is 0 Å². The summed E-state index contributed by atoms with van der Waals surface area (Å²) in [5.41, 5.74) is -0.192. The summed E-state index contributed by atoms with van der Waals surface area (Å²) >= 11 is 17.7. The highest BCUT2D eigenvalue weighted by Crippen LogP contribution is 2.38. The van der Waals surface area contributed by atoms with Crippen molar-refractivity contribution in [3.8, 4) is 11.5 Å². The molecule has 0 aromatic heterocycles. The standard InChI is InChI=1S/C16H13Cl3FNO3/c1-21(6-7-24-12-5-3-2-4-11(12)20)16(23)13-14(19)9(17)8-10(18)15(13)22/h2-5,8,22H,6-7H2,1H3. The van der Waals surface area contributed by atoms with E-state index in [-0.39, 0.29) is 39.5 Å². The number of rotatable bonds is 5. The first-order chi connectivity index (χ1) is 11.3. The van der Waals surface area contributed by atoms with E-state index in [1.165, 1.54) is 30.1 Å². The fourth-order valence-corrected chi connectivity index (χ4v) is 2.62.